The Balaban J connectivity index is 2.39. The molecular formula is C12H20O2. The molecule has 0 aromatic heterocycles. The molecule has 2 bridgehead atoms. The van der Waals surface area contributed by atoms with Crippen LogP contribution in [0.1, 0.15) is 46.5 Å². The fourth-order valence-corrected chi connectivity index (χ4v) is 3.87. The molecule has 2 heteroatoms. The molecule has 0 amide bonds. The van der Waals surface area contributed by atoms with E-state index in [1.165, 1.54) is 6.42 Å². The van der Waals surface area contributed by atoms with Crippen LogP contribution < -0.4 is 0 Å². The summed E-state index contributed by atoms with van der Waals surface area (Å²) in [5, 5.41) is 10.5. The van der Waals surface area contributed by atoms with Crippen LogP contribution in [0, 0.1) is 16.7 Å². The van der Waals surface area contributed by atoms with Crippen LogP contribution in [-0.4, -0.2) is 17.0 Å². The van der Waals surface area contributed by atoms with E-state index in [0.29, 0.717) is 12.3 Å². The predicted molar refractivity (Wildman–Crippen MR) is 54.9 cm³/mol. The number of aliphatic hydroxyl groups is 1. The maximum atomic E-state index is 10.6. The molecule has 2 rings (SSSR count). The maximum absolute atomic E-state index is 10.6. The third-order valence-corrected chi connectivity index (χ3v) is 5.47. The van der Waals surface area contributed by atoms with E-state index in [4.69, 9.17) is 0 Å². The van der Waals surface area contributed by atoms with E-state index in [0.717, 1.165) is 19.1 Å². The van der Waals surface area contributed by atoms with Crippen LogP contribution in [-0.2, 0) is 4.79 Å². The molecule has 3 atom stereocenters. The van der Waals surface area contributed by atoms with E-state index in [1.807, 2.05) is 0 Å². The van der Waals surface area contributed by atoms with Crippen LogP contribution in [0.5, 0.6) is 0 Å². The molecule has 2 aliphatic carbocycles. The molecule has 0 aromatic rings. The number of fused-ring (bicyclic) bond motifs is 2. The topological polar surface area (TPSA) is 37.3 Å². The molecule has 14 heavy (non-hydrogen) atoms. The molecule has 0 saturated heterocycles. The van der Waals surface area contributed by atoms with Crippen molar-refractivity contribution in [1.29, 1.82) is 0 Å². The first-order chi connectivity index (χ1) is 6.37. The standard InChI is InChI=1S/C12H20O2/c1-10(2)9-4-5-11(10,3)12(14,8-9)6-7-13/h7,9,14H,4-6,8H2,1-3H3. The summed E-state index contributed by atoms with van der Waals surface area (Å²) in [6, 6.07) is 0. The minimum absolute atomic E-state index is 0.0639. The molecule has 2 fully saturated rings. The first-order valence-corrected chi connectivity index (χ1v) is 5.53. The molecule has 2 nitrogen and oxygen atoms in total. The minimum Gasteiger partial charge on any atom is -0.389 e. The van der Waals surface area contributed by atoms with Crippen molar-refractivity contribution in [2.75, 3.05) is 0 Å². The zero-order chi connectivity index (χ0) is 10.6. The summed E-state index contributed by atoms with van der Waals surface area (Å²) in [7, 11) is 0. The van der Waals surface area contributed by atoms with Crippen molar-refractivity contribution < 1.29 is 9.90 Å². The Bertz CT molecular complexity index is 271. The fraction of sp³-hybridized carbons (Fsp3) is 0.917. The second-order valence-electron chi connectivity index (χ2n) is 5.90. The Morgan fingerprint density at radius 2 is 2.07 bits per heavy atom. The van der Waals surface area contributed by atoms with Gasteiger partial charge in [-0.2, -0.15) is 0 Å². The molecule has 0 aromatic carbocycles. The molecule has 0 radical (unpaired) electrons. The van der Waals surface area contributed by atoms with Gasteiger partial charge in [0.1, 0.15) is 6.29 Å². The normalized spacial score (nSPS) is 49.6. The smallest absolute Gasteiger partial charge is 0.122 e. The van der Waals surface area contributed by atoms with E-state index < -0.39 is 5.60 Å². The van der Waals surface area contributed by atoms with Gasteiger partial charge >= 0.3 is 0 Å². The molecule has 80 valence electrons. The number of hydrogen-bond acceptors (Lipinski definition) is 2. The second-order valence-corrected chi connectivity index (χ2v) is 5.90. The second kappa shape index (κ2) is 2.60. The lowest BCUT2D eigenvalue weighted by atomic mass is 9.63. The molecule has 0 spiro atoms. The van der Waals surface area contributed by atoms with Crippen LogP contribution >= 0.6 is 0 Å². The Labute approximate surface area is 85.7 Å². The zero-order valence-electron chi connectivity index (χ0n) is 9.34. The summed E-state index contributed by atoms with van der Waals surface area (Å²) in [5.74, 6) is 0.595. The van der Waals surface area contributed by atoms with Crippen molar-refractivity contribution in [1.82, 2.24) is 0 Å². The van der Waals surface area contributed by atoms with Crippen LogP contribution in [0.15, 0.2) is 0 Å². The molecule has 0 heterocycles. The van der Waals surface area contributed by atoms with Gasteiger partial charge in [0.25, 0.3) is 0 Å². The number of carbonyl (C=O) groups excluding carboxylic acids is 1. The fourth-order valence-electron chi connectivity index (χ4n) is 3.87. The van der Waals surface area contributed by atoms with Gasteiger partial charge in [-0.25, -0.2) is 0 Å². The van der Waals surface area contributed by atoms with Crippen LogP contribution in [0.4, 0.5) is 0 Å². The summed E-state index contributed by atoms with van der Waals surface area (Å²) in [6.45, 7) is 6.64. The number of aldehydes is 1. The largest absolute Gasteiger partial charge is 0.389 e. The third kappa shape index (κ3) is 0.881. The van der Waals surface area contributed by atoms with Gasteiger partial charge in [0, 0.05) is 11.8 Å². The summed E-state index contributed by atoms with van der Waals surface area (Å²) in [6.07, 6.45) is 4.28. The van der Waals surface area contributed by atoms with Crippen molar-refractivity contribution in [3.8, 4) is 0 Å². The highest BCUT2D eigenvalue weighted by atomic mass is 16.3. The summed E-state index contributed by atoms with van der Waals surface area (Å²) in [4.78, 5) is 10.6. The van der Waals surface area contributed by atoms with Gasteiger partial charge in [0.2, 0.25) is 0 Å². The highest BCUT2D eigenvalue weighted by Gasteiger charge is 2.67. The first-order valence-electron chi connectivity index (χ1n) is 5.53. The van der Waals surface area contributed by atoms with E-state index in [2.05, 4.69) is 20.8 Å². The number of rotatable bonds is 2. The van der Waals surface area contributed by atoms with Crippen molar-refractivity contribution in [3.63, 3.8) is 0 Å². The third-order valence-electron chi connectivity index (χ3n) is 5.47. The van der Waals surface area contributed by atoms with E-state index in [-0.39, 0.29) is 10.8 Å². The highest BCUT2D eigenvalue weighted by molar-refractivity contribution is 5.52. The van der Waals surface area contributed by atoms with Gasteiger partial charge in [-0.05, 0) is 30.6 Å². The van der Waals surface area contributed by atoms with Crippen molar-refractivity contribution >= 4 is 6.29 Å². The Morgan fingerprint density at radius 3 is 2.43 bits per heavy atom. The summed E-state index contributed by atoms with van der Waals surface area (Å²) < 4.78 is 0. The van der Waals surface area contributed by atoms with Crippen molar-refractivity contribution in [2.24, 2.45) is 16.7 Å². The highest BCUT2D eigenvalue weighted by Crippen LogP contribution is 2.70. The van der Waals surface area contributed by atoms with Crippen LogP contribution in [0.25, 0.3) is 0 Å². The summed E-state index contributed by atoms with van der Waals surface area (Å²) >= 11 is 0. The lowest BCUT2D eigenvalue weighted by Crippen LogP contribution is -2.47. The van der Waals surface area contributed by atoms with E-state index in [1.54, 1.807) is 0 Å². The maximum Gasteiger partial charge on any atom is 0.122 e. The van der Waals surface area contributed by atoms with E-state index in [9.17, 15) is 9.90 Å². The van der Waals surface area contributed by atoms with Gasteiger partial charge in [0.05, 0.1) is 5.60 Å². The lowest BCUT2D eigenvalue weighted by molar-refractivity contribution is -0.124. The predicted octanol–water partition coefficient (Wildman–Crippen LogP) is 2.15. The first kappa shape index (κ1) is 10.2. The lowest BCUT2D eigenvalue weighted by Gasteiger charge is -2.44. The molecule has 0 aliphatic heterocycles. The summed E-state index contributed by atoms with van der Waals surface area (Å²) in [5.41, 5.74) is -0.614. The van der Waals surface area contributed by atoms with Crippen molar-refractivity contribution in [3.05, 3.63) is 0 Å². The Kier molecular flexibility index (Phi) is 1.89. The van der Waals surface area contributed by atoms with Gasteiger partial charge in [-0.3, -0.25) is 0 Å². The van der Waals surface area contributed by atoms with Crippen LogP contribution in [0.2, 0.25) is 0 Å². The minimum atomic E-state index is -0.735. The molecule has 2 saturated carbocycles. The Morgan fingerprint density at radius 1 is 1.43 bits per heavy atom. The quantitative estimate of drug-likeness (QED) is 0.687. The number of hydrogen-bond donors (Lipinski definition) is 1. The van der Waals surface area contributed by atoms with Gasteiger partial charge in [0.15, 0.2) is 0 Å². The zero-order valence-corrected chi connectivity index (χ0v) is 9.34. The number of carbonyl (C=O) groups is 1. The molecular weight excluding hydrogens is 176 g/mol. The molecule has 3 unspecified atom stereocenters. The van der Waals surface area contributed by atoms with Gasteiger partial charge < -0.3 is 9.90 Å². The monoisotopic (exact) mass is 196 g/mol. The average Bonchev–Trinajstić information content (AvgIpc) is 2.36. The van der Waals surface area contributed by atoms with Gasteiger partial charge in [-0.1, -0.05) is 20.8 Å². The van der Waals surface area contributed by atoms with Gasteiger partial charge in [-0.15, -0.1) is 0 Å². The SMILES string of the molecule is CC1(C)C2CCC1(C)C(O)(CC=O)C2. The van der Waals surface area contributed by atoms with E-state index >= 15 is 0 Å². The Hall–Kier alpha value is -0.370. The molecule has 1 N–H and O–H groups in total. The average molecular weight is 196 g/mol. The van der Waals surface area contributed by atoms with Crippen molar-refractivity contribution in [2.45, 2.75) is 52.1 Å². The van der Waals surface area contributed by atoms with Crippen LogP contribution in [0.3, 0.4) is 0 Å². The molecule has 2 aliphatic rings.